The molecule has 0 aliphatic heterocycles. The van der Waals surface area contributed by atoms with Crippen molar-refractivity contribution in [2.24, 2.45) is 0 Å². The summed E-state index contributed by atoms with van der Waals surface area (Å²) < 4.78 is 31.5. The van der Waals surface area contributed by atoms with Crippen LogP contribution in [-0.2, 0) is 0 Å². The normalized spacial score (nSPS) is 10.1. The van der Waals surface area contributed by atoms with Gasteiger partial charge in [0.2, 0.25) is 0 Å². The van der Waals surface area contributed by atoms with Gasteiger partial charge in [-0.05, 0) is 24.3 Å². The first-order chi connectivity index (χ1) is 8.20. The summed E-state index contributed by atoms with van der Waals surface area (Å²) in [6.45, 7) is 0. The molecule has 0 aromatic heterocycles. The number of nitrogens with one attached hydrogen (secondary N) is 1. The highest BCUT2D eigenvalue weighted by molar-refractivity contribution is 5.66. The highest BCUT2D eigenvalue weighted by Crippen LogP contribution is 2.28. The molecule has 0 aliphatic carbocycles. The highest BCUT2D eigenvalue weighted by atomic mass is 19.1. The standard InChI is InChI=1S/C13H11F2NO/c1-17-13-5-3-2-4-11(13)16-12-8-9(14)6-7-10(12)15/h2-8,16H,1H3. The summed E-state index contributed by atoms with van der Waals surface area (Å²) in [5, 5.41) is 2.79. The van der Waals surface area contributed by atoms with E-state index in [-0.39, 0.29) is 5.69 Å². The van der Waals surface area contributed by atoms with Crippen LogP contribution in [-0.4, -0.2) is 7.11 Å². The molecule has 4 heteroatoms. The summed E-state index contributed by atoms with van der Waals surface area (Å²) in [6, 6.07) is 10.3. The van der Waals surface area contributed by atoms with Gasteiger partial charge < -0.3 is 10.1 Å². The monoisotopic (exact) mass is 235 g/mol. The van der Waals surface area contributed by atoms with Gasteiger partial charge in [-0.1, -0.05) is 12.1 Å². The maximum atomic E-state index is 13.4. The molecule has 2 rings (SSSR count). The van der Waals surface area contributed by atoms with Crippen molar-refractivity contribution < 1.29 is 13.5 Å². The minimum atomic E-state index is -0.516. The van der Waals surface area contributed by atoms with Crippen LogP contribution in [0.4, 0.5) is 20.2 Å². The summed E-state index contributed by atoms with van der Waals surface area (Å²) in [5.74, 6) is -0.447. The highest BCUT2D eigenvalue weighted by Gasteiger charge is 2.07. The van der Waals surface area contributed by atoms with Crippen LogP contribution < -0.4 is 10.1 Å². The van der Waals surface area contributed by atoms with Crippen molar-refractivity contribution in [3.63, 3.8) is 0 Å². The van der Waals surface area contributed by atoms with Crippen LogP contribution in [0.25, 0.3) is 0 Å². The Kier molecular flexibility index (Phi) is 3.23. The Balaban J connectivity index is 2.34. The number of ether oxygens (including phenoxy) is 1. The quantitative estimate of drug-likeness (QED) is 0.875. The van der Waals surface area contributed by atoms with E-state index in [2.05, 4.69) is 5.32 Å². The van der Waals surface area contributed by atoms with E-state index in [1.54, 1.807) is 24.3 Å². The molecule has 0 saturated carbocycles. The molecular weight excluding hydrogens is 224 g/mol. The van der Waals surface area contributed by atoms with Gasteiger partial charge in [-0.15, -0.1) is 0 Å². The molecule has 1 N–H and O–H groups in total. The maximum Gasteiger partial charge on any atom is 0.146 e. The number of benzene rings is 2. The zero-order valence-electron chi connectivity index (χ0n) is 9.21. The van der Waals surface area contributed by atoms with E-state index in [1.807, 2.05) is 0 Å². The summed E-state index contributed by atoms with van der Waals surface area (Å²) in [5.41, 5.74) is 0.661. The number of para-hydroxylation sites is 2. The summed E-state index contributed by atoms with van der Waals surface area (Å²) in [6.07, 6.45) is 0. The third kappa shape index (κ3) is 2.53. The lowest BCUT2D eigenvalue weighted by Crippen LogP contribution is -1.97. The van der Waals surface area contributed by atoms with Crippen molar-refractivity contribution in [3.8, 4) is 5.75 Å². The Morgan fingerprint density at radius 1 is 1.00 bits per heavy atom. The van der Waals surface area contributed by atoms with E-state index >= 15 is 0 Å². The second kappa shape index (κ2) is 4.82. The number of hydrogen-bond donors (Lipinski definition) is 1. The Bertz CT molecular complexity index is 529. The molecule has 0 spiro atoms. The number of halogens is 2. The summed E-state index contributed by atoms with van der Waals surface area (Å²) in [4.78, 5) is 0. The average molecular weight is 235 g/mol. The van der Waals surface area contributed by atoms with E-state index in [0.29, 0.717) is 11.4 Å². The minimum absolute atomic E-state index is 0.0782. The van der Waals surface area contributed by atoms with E-state index in [1.165, 1.54) is 7.11 Å². The van der Waals surface area contributed by atoms with Crippen LogP contribution in [0.3, 0.4) is 0 Å². The molecule has 2 aromatic rings. The number of rotatable bonds is 3. The molecule has 0 fully saturated rings. The zero-order valence-corrected chi connectivity index (χ0v) is 9.21. The Morgan fingerprint density at radius 2 is 1.76 bits per heavy atom. The third-order valence-corrected chi connectivity index (χ3v) is 2.30. The third-order valence-electron chi connectivity index (χ3n) is 2.30. The first-order valence-electron chi connectivity index (χ1n) is 5.06. The van der Waals surface area contributed by atoms with Gasteiger partial charge in [0.15, 0.2) is 0 Å². The minimum Gasteiger partial charge on any atom is -0.495 e. The molecule has 2 aromatic carbocycles. The molecule has 0 unspecified atom stereocenters. The molecule has 0 heterocycles. The molecule has 2 nitrogen and oxygen atoms in total. The molecule has 0 atom stereocenters. The molecule has 0 radical (unpaired) electrons. The van der Waals surface area contributed by atoms with Crippen molar-refractivity contribution in [1.29, 1.82) is 0 Å². The molecule has 0 bridgehead atoms. The predicted octanol–water partition coefficient (Wildman–Crippen LogP) is 3.72. The van der Waals surface area contributed by atoms with Gasteiger partial charge in [0.05, 0.1) is 18.5 Å². The lowest BCUT2D eigenvalue weighted by atomic mass is 10.2. The van der Waals surface area contributed by atoms with E-state index in [0.717, 1.165) is 18.2 Å². The second-order valence-electron chi connectivity index (χ2n) is 3.45. The van der Waals surface area contributed by atoms with Gasteiger partial charge >= 0.3 is 0 Å². The number of hydrogen-bond acceptors (Lipinski definition) is 2. The fourth-order valence-corrected chi connectivity index (χ4v) is 1.49. The lowest BCUT2D eigenvalue weighted by Gasteiger charge is -2.11. The fraction of sp³-hybridized carbons (Fsp3) is 0.0769. The van der Waals surface area contributed by atoms with Crippen molar-refractivity contribution in [2.45, 2.75) is 0 Å². The number of anilines is 2. The largest absolute Gasteiger partial charge is 0.495 e. The van der Waals surface area contributed by atoms with E-state index in [4.69, 9.17) is 4.74 Å². The summed E-state index contributed by atoms with van der Waals surface area (Å²) >= 11 is 0. The van der Waals surface area contributed by atoms with Crippen LogP contribution in [0.15, 0.2) is 42.5 Å². The average Bonchev–Trinajstić information content (AvgIpc) is 2.34. The Hall–Kier alpha value is -2.10. The van der Waals surface area contributed by atoms with Crippen LogP contribution in [0.2, 0.25) is 0 Å². The molecule has 0 saturated heterocycles. The van der Waals surface area contributed by atoms with Crippen LogP contribution in [0, 0.1) is 11.6 Å². The number of methoxy groups -OCH3 is 1. The molecular formula is C13H11F2NO. The molecule has 0 amide bonds. The van der Waals surface area contributed by atoms with Crippen LogP contribution >= 0.6 is 0 Å². The Morgan fingerprint density at radius 3 is 2.53 bits per heavy atom. The van der Waals surface area contributed by atoms with Gasteiger partial charge in [-0.25, -0.2) is 8.78 Å². The predicted molar refractivity (Wildman–Crippen MR) is 62.6 cm³/mol. The van der Waals surface area contributed by atoms with Gasteiger partial charge in [0, 0.05) is 6.07 Å². The Labute approximate surface area is 97.8 Å². The van der Waals surface area contributed by atoms with E-state index in [9.17, 15) is 8.78 Å². The lowest BCUT2D eigenvalue weighted by molar-refractivity contribution is 0.417. The first-order valence-corrected chi connectivity index (χ1v) is 5.06. The summed E-state index contributed by atoms with van der Waals surface area (Å²) in [7, 11) is 1.52. The van der Waals surface area contributed by atoms with E-state index < -0.39 is 11.6 Å². The molecule has 88 valence electrons. The smallest absolute Gasteiger partial charge is 0.146 e. The topological polar surface area (TPSA) is 21.3 Å². The van der Waals surface area contributed by atoms with Crippen molar-refractivity contribution in [3.05, 3.63) is 54.1 Å². The molecule has 0 aliphatic rings. The van der Waals surface area contributed by atoms with Gasteiger partial charge in [-0.3, -0.25) is 0 Å². The van der Waals surface area contributed by atoms with Crippen molar-refractivity contribution >= 4 is 11.4 Å². The van der Waals surface area contributed by atoms with Crippen LogP contribution in [0.1, 0.15) is 0 Å². The van der Waals surface area contributed by atoms with Crippen molar-refractivity contribution in [2.75, 3.05) is 12.4 Å². The first kappa shape index (κ1) is 11.4. The van der Waals surface area contributed by atoms with Crippen LogP contribution in [0.5, 0.6) is 5.75 Å². The van der Waals surface area contributed by atoms with Gasteiger partial charge in [0.1, 0.15) is 17.4 Å². The fourth-order valence-electron chi connectivity index (χ4n) is 1.49. The van der Waals surface area contributed by atoms with Crippen molar-refractivity contribution in [1.82, 2.24) is 0 Å². The zero-order chi connectivity index (χ0) is 12.3. The second-order valence-corrected chi connectivity index (χ2v) is 3.45. The molecule has 17 heavy (non-hydrogen) atoms. The van der Waals surface area contributed by atoms with Gasteiger partial charge in [0.25, 0.3) is 0 Å². The maximum absolute atomic E-state index is 13.4. The SMILES string of the molecule is COc1ccccc1Nc1cc(F)ccc1F. The van der Waals surface area contributed by atoms with Gasteiger partial charge in [-0.2, -0.15) is 0 Å².